The van der Waals surface area contributed by atoms with Crippen molar-refractivity contribution in [2.24, 2.45) is 0 Å². The van der Waals surface area contributed by atoms with E-state index in [1.165, 1.54) is 13.2 Å². The van der Waals surface area contributed by atoms with Crippen molar-refractivity contribution in [1.82, 2.24) is 9.47 Å². The van der Waals surface area contributed by atoms with E-state index in [2.05, 4.69) is 22.6 Å². The van der Waals surface area contributed by atoms with Crippen LogP contribution in [0.15, 0.2) is 18.3 Å². The molecule has 1 aromatic heterocycles. The lowest BCUT2D eigenvalue weighted by molar-refractivity contribution is 0.391. The summed E-state index contributed by atoms with van der Waals surface area (Å²) in [7, 11) is 5.62. The number of likely N-dealkylation sites (N-methyl/N-ethyl adjacent to an activating group) is 1. The number of aryl methyl sites for hydroxylation is 1. The summed E-state index contributed by atoms with van der Waals surface area (Å²) in [6, 6.07) is 3.34. The van der Waals surface area contributed by atoms with Gasteiger partial charge in [0.1, 0.15) is 0 Å². The lowest BCUT2D eigenvalue weighted by Gasteiger charge is -2.10. The van der Waals surface area contributed by atoms with Crippen molar-refractivity contribution < 1.29 is 9.13 Å². The first-order valence-electron chi connectivity index (χ1n) is 7.07. The Hall–Kier alpha value is -1.26. The molecule has 0 N–H and O–H groups in total. The molecule has 2 rings (SSSR count). The van der Waals surface area contributed by atoms with Gasteiger partial charge >= 0.3 is 0 Å². The van der Waals surface area contributed by atoms with E-state index in [1.54, 1.807) is 0 Å². The van der Waals surface area contributed by atoms with Gasteiger partial charge in [-0.15, -0.1) is 12.4 Å². The number of hydrogen-bond acceptors (Lipinski definition) is 2. The van der Waals surface area contributed by atoms with Gasteiger partial charge in [-0.2, -0.15) is 0 Å². The van der Waals surface area contributed by atoms with Crippen LogP contribution in [0.4, 0.5) is 4.39 Å². The van der Waals surface area contributed by atoms with Gasteiger partial charge in [0, 0.05) is 24.7 Å². The molecule has 0 saturated heterocycles. The molecular formula is C16H24ClFN2O. The van der Waals surface area contributed by atoms with Gasteiger partial charge in [0.2, 0.25) is 0 Å². The molecule has 0 unspecified atom stereocenters. The Labute approximate surface area is 132 Å². The van der Waals surface area contributed by atoms with Crippen molar-refractivity contribution in [2.45, 2.75) is 26.3 Å². The summed E-state index contributed by atoms with van der Waals surface area (Å²) in [6.45, 7) is 4.02. The fourth-order valence-corrected chi connectivity index (χ4v) is 2.58. The Morgan fingerprint density at radius 1 is 1.29 bits per heavy atom. The van der Waals surface area contributed by atoms with Crippen LogP contribution in [-0.4, -0.2) is 37.2 Å². The smallest absolute Gasteiger partial charge is 0.165 e. The highest BCUT2D eigenvalue weighted by molar-refractivity contribution is 5.90. The maximum atomic E-state index is 13.9. The van der Waals surface area contributed by atoms with Crippen LogP contribution in [0.25, 0.3) is 10.9 Å². The molecule has 3 nitrogen and oxygen atoms in total. The highest BCUT2D eigenvalue weighted by Gasteiger charge is 2.16. The second-order valence-electron chi connectivity index (χ2n) is 5.38. The van der Waals surface area contributed by atoms with Crippen LogP contribution in [-0.2, 0) is 13.0 Å². The molecule has 0 saturated carbocycles. The van der Waals surface area contributed by atoms with Gasteiger partial charge in [-0.1, -0.05) is 6.92 Å². The number of ether oxygens (including phenoxy) is 1. The molecule has 0 aliphatic carbocycles. The van der Waals surface area contributed by atoms with Gasteiger partial charge in [0.05, 0.1) is 12.6 Å². The minimum absolute atomic E-state index is 0. The number of methoxy groups -OCH3 is 1. The molecule has 2 aromatic rings. The van der Waals surface area contributed by atoms with Crippen molar-refractivity contribution in [2.75, 3.05) is 27.7 Å². The van der Waals surface area contributed by atoms with Crippen LogP contribution < -0.4 is 4.74 Å². The molecule has 0 aliphatic rings. The van der Waals surface area contributed by atoms with Gasteiger partial charge in [-0.25, -0.2) is 4.39 Å². The molecular weight excluding hydrogens is 291 g/mol. The zero-order valence-electron chi connectivity index (χ0n) is 13.1. The summed E-state index contributed by atoms with van der Waals surface area (Å²) >= 11 is 0. The number of halogens is 2. The van der Waals surface area contributed by atoms with Crippen LogP contribution in [0.5, 0.6) is 5.75 Å². The Morgan fingerprint density at radius 3 is 2.57 bits per heavy atom. The molecule has 0 amide bonds. The standard InChI is InChI=1S/C16H23FN2O.ClH/c1-5-9-19-11-12(8-10-18(2)3)15-14(19)7-6-13(17)16(15)20-4;/h6-7,11H,5,8-10H2,1-4H3;1H. The van der Waals surface area contributed by atoms with E-state index in [4.69, 9.17) is 4.74 Å². The summed E-state index contributed by atoms with van der Waals surface area (Å²) in [5, 5.41) is 0.919. The second-order valence-corrected chi connectivity index (χ2v) is 5.38. The highest BCUT2D eigenvalue weighted by Crippen LogP contribution is 2.33. The predicted octanol–water partition coefficient (Wildman–Crippen LogP) is 3.72. The van der Waals surface area contributed by atoms with Crippen LogP contribution in [0.2, 0.25) is 0 Å². The Bertz CT molecular complexity index is 595. The van der Waals surface area contributed by atoms with Crippen LogP contribution >= 0.6 is 12.4 Å². The summed E-state index contributed by atoms with van der Waals surface area (Å²) in [5.74, 6) is 0.0754. The third-order valence-electron chi connectivity index (χ3n) is 3.53. The normalized spacial score (nSPS) is 11.0. The van der Waals surface area contributed by atoms with E-state index in [9.17, 15) is 4.39 Å². The number of aromatic nitrogens is 1. The molecule has 1 aromatic carbocycles. The molecule has 0 bridgehead atoms. The summed E-state index contributed by atoms with van der Waals surface area (Å²) < 4.78 is 21.4. The zero-order chi connectivity index (χ0) is 14.7. The van der Waals surface area contributed by atoms with E-state index in [0.717, 1.165) is 42.4 Å². The minimum atomic E-state index is -0.291. The zero-order valence-corrected chi connectivity index (χ0v) is 14.0. The molecule has 0 spiro atoms. The van der Waals surface area contributed by atoms with Crippen molar-refractivity contribution in [3.8, 4) is 5.75 Å². The fraction of sp³-hybridized carbons (Fsp3) is 0.500. The Kier molecular flexibility index (Phi) is 6.49. The first kappa shape index (κ1) is 17.8. The quantitative estimate of drug-likeness (QED) is 0.808. The number of rotatable bonds is 6. The predicted molar refractivity (Wildman–Crippen MR) is 88.2 cm³/mol. The average Bonchev–Trinajstić information content (AvgIpc) is 2.75. The van der Waals surface area contributed by atoms with Gasteiger partial charge in [-0.05, 0) is 44.6 Å². The first-order valence-corrected chi connectivity index (χ1v) is 7.07. The topological polar surface area (TPSA) is 17.4 Å². The van der Waals surface area contributed by atoms with Crippen LogP contribution in [0, 0.1) is 5.82 Å². The van der Waals surface area contributed by atoms with Crippen LogP contribution in [0.3, 0.4) is 0 Å². The molecule has 21 heavy (non-hydrogen) atoms. The lowest BCUT2D eigenvalue weighted by Crippen LogP contribution is -2.15. The van der Waals surface area contributed by atoms with E-state index >= 15 is 0 Å². The molecule has 0 fully saturated rings. The monoisotopic (exact) mass is 314 g/mol. The third-order valence-corrected chi connectivity index (χ3v) is 3.53. The van der Waals surface area contributed by atoms with Crippen molar-refractivity contribution >= 4 is 23.3 Å². The Morgan fingerprint density at radius 2 is 2.00 bits per heavy atom. The molecule has 5 heteroatoms. The molecule has 0 radical (unpaired) electrons. The highest BCUT2D eigenvalue weighted by atomic mass is 35.5. The first-order chi connectivity index (χ1) is 9.58. The maximum Gasteiger partial charge on any atom is 0.165 e. The maximum absolute atomic E-state index is 13.9. The molecule has 118 valence electrons. The SMILES string of the molecule is CCCn1cc(CCN(C)C)c2c(OC)c(F)ccc21.Cl. The minimum Gasteiger partial charge on any atom is -0.493 e. The molecule has 0 atom stereocenters. The van der Waals surface area contributed by atoms with Gasteiger partial charge < -0.3 is 14.2 Å². The van der Waals surface area contributed by atoms with E-state index in [-0.39, 0.29) is 18.2 Å². The average molecular weight is 315 g/mol. The Balaban J connectivity index is 0.00000220. The van der Waals surface area contributed by atoms with E-state index in [1.807, 2.05) is 20.2 Å². The van der Waals surface area contributed by atoms with Crippen molar-refractivity contribution in [3.63, 3.8) is 0 Å². The summed E-state index contributed by atoms with van der Waals surface area (Å²) in [6.07, 6.45) is 4.08. The van der Waals surface area contributed by atoms with Crippen molar-refractivity contribution in [3.05, 3.63) is 29.7 Å². The van der Waals surface area contributed by atoms with Crippen molar-refractivity contribution in [1.29, 1.82) is 0 Å². The van der Waals surface area contributed by atoms with Gasteiger partial charge in [0.15, 0.2) is 11.6 Å². The summed E-state index contributed by atoms with van der Waals surface area (Å²) in [4.78, 5) is 2.13. The van der Waals surface area contributed by atoms with Gasteiger partial charge in [-0.3, -0.25) is 0 Å². The third kappa shape index (κ3) is 3.69. The number of nitrogens with zero attached hydrogens (tertiary/aromatic N) is 2. The number of fused-ring (bicyclic) bond motifs is 1. The fourth-order valence-electron chi connectivity index (χ4n) is 2.58. The van der Waals surface area contributed by atoms with E-state index < -0.39 is 0 Å². The summed E-state index contributed by atoms with van der Waals surface area (Å²) in [5.41, 5.74) is 2.21. The molecule has 0 aliphatic heterocycles. The molecule has 1 heterocycles. The largest absolute Gasteiger partial charge is 0.493 e. The number of benzene rings is 1. The number of hydrogen-bond donors (Lipinski definition) is 0. The van der Waals surface area contributed by atoms with Gasteiger partial charge in [0.25, 0.3) is 0 Å². The lowest BCUT2D eigenvalue weighted by atomic mass is 10.1. The van der Waals surface area contributed by atoms with E-state index in [0.29, 0.717) is 5.75 Å². The second kappa shape index (κ2) is 7.66. The van der Waals surface area contributed by atoms with Crippen LogP contribution in [0.1, 0.15) is 18.9 Å².